The summed E-state index contributed by atoms with van der Waals surface area (Å²) in [7, 11) is 0. The average molecular weight is 198 g/mol. The number of nitrogens with two attached hydrogens (primary N) is 2. The molecule has 0 heterocycles. The molecule has 0 aliphatic heterocycles. The topological polar surface area (TPSA) is 120 Å². The van der Waals surface area contributed by atoms with Crippen molar-refractivity contribution < 1.29 is 20.7 Å². The van der Waals surface area contributed by atoms with E-state index in [9.17, 15) is 0 Å². The molecule has 50 valence electrons. The van der Waals surface area contributed by atoms with Crippen LogP contribution in [0.3, 0.4) is 0 Å². The Hall–Kier alpha value is 0.876. The SMILES string of the molecule is N#[C][Fe][N]=C(N)N.O.[KH]. The van der Waals surface area contributed by atoms with Crippen LogP contribution in [0.5, 0.6) is 0 Å². The van der Waals surface area contributed by atoms with Crippen molar-refractivity contribution >= 4 is 57.3 Å². The Kier molecular flexibility index (Phi) is 21.3. The molecule has 0 aliphatic carbocycles. The van der Waals surface area contributed by atoms with Crippen molar-refractivity contribution in [3.05, 3.63) is 0 Å². The summed E-state index contributed by atoms with van der Waals surface area (Å²) < 4.78 is 3.35. The molecule has 0 amide bonds. The first-order valence-corrected chi connectivity index (χ1v) is 2.41. The minimum absolute atomic E-state index is 0. The molecular formula is C2H7FeKN4O. The first kappa shape index (κ1) is 16.5. The van der Waals surface area contributed by atoms with Crippen LogP contribution in [0.2, 0.25) is 0 Å². The second-order valence-corrected chi connectivity index (χ2v) is 1.40. The van der Waals surface area contributed by atoms with Crippen LogP contribution in [0.4, 0.5) is 0 Å². The minimum atomic E-state index is -0.0402. The molecule has 9 heavy (non-hydrogen) atoms. The van der Waals surface area contributed by atoms with Crippen molar-refractivity contribution in [3.8, 4) is 4.97 Å². The summed E-state index contributed by atoms with van der Waals surface area (Å²) in [6, 6.07) is 0. The maximum atomic E-state index is 7.85. The molecule has 0 aliphatic rings. The number of nitriles is 1. The predicted molar refractivity (Wildman–Crippen MR) is 32.2 cm³/mol. The van der Waals surface area contributed by atoms with Gasteiger partial charge in [-0.2, -0.15) is 0 Å². The van der Waals surface area contributed by atoms with Gasteiger partial charge in [0.25, 0.3) is 0 Å². The molecule has 0 atom stereocenters. The molecule has 0 unspecified atom stereocenters. The molecule has 0 rings (SSSR count). The van der Waals surface area contributed by atoms with E-state index in [1.165, 1.54) is 0 Å². The standard InChI is InChI=1S/CH4N3.CN.Fe.K.H2O.H/c2-1(3)4;1-2;;;;/h(H4-,2,3,4);;;;1H2;/q-1;;+1;;;. The van der Waals surface area contributed by atoms with E-state index in [2.05, 4.69) is 4.01 Å². The molecular weight excluding hydrogens is 191 g/mol. The van der Waals surface area contributed by atoms with E-state index in [1.807, 2.05) is 0 Å². The molecule has 0 fully saturated rings. The van der Waals surface area contributed by atoms with Crippen LogP contribution in [0.1, 0.15) is 0 Å². The Morgan fingerprint density at radius 1 is 1.56 bits per heavy atom. The second kappa shape index (κ2) is 11.6. The Balaban J connectivity index is -0.000000180. The van der Waals surface area contributed by atoms with Crippen LogP contribution in [0, 0.1) is 10.2 Å². The Bertz CT molecular complexity index is 116. The summed E-state index contributed by atoms with van der Waals surface area (Å²) in [5.41, 5.74) is 9.71. The first-order chi connectivity index (χ1) is 3.27. The zero-order valence-corrected chi connectivity index (χ0v) is 5.01. The van der Waals surface area contributed by atoms with Crippen molar-refractivity contribution in [2.75, 3.05) is 0 Å². The fourth-order valence-electron chi connectivity index (χ4n) is 0.0633. The molecule has 0 aromatic rings. The third-order valence-corrected chi connectivity index (χ3v) is 0.685. The molecule has 0 radical (unpaired) electrons. The summed E-state index contributed by atoms with van der Waals surface area (Å²) >= 11 is 0.0440. The maximum absolute atomic E-state index is 7.85. The summed E-state index contributed by atoms with van der Waals surface area (Å²) in [6.45, 7) is 0. The Morgan fingerprint density at radius 3 is 2.11 bits per heavy atom. The molecule has 0 aromatic carbocycles. The van der Waals surface area contributed by atoms with Gasteiger partial charge >= 0.3 is 98.2 Å². The number of guanidine groups is 1. The van der Waals surface area contributed by atoms with Gasteiger partial charge < -0.3 is 5.48 Å². The van der Waals surface area contributed by atoms with E-state index in [0.717, 1.165) is 0 Å². The van der Waals surface area contributed by atoms with Gasteiger partial charge in [0.05, 0.1) is 0 Å². The van der Waals surface area contributed by atoms with Crippen LogP contribution in [0.25, 0.3) is 0 Å². The normalized spacial score (nSPS) is 5.67. The van der Waals surface area contributed by atoms with Gasteiger partial charge in [0.2, 0.25) is 0 Å². The summed E-state index contributed by atoms with van der Waals surface area (Å²) in [6.07, 6.45) is 0. The summed E-state index contributed by atoms with van der Waals surface area (Å²) in [5, 5.41) is 7.85. The van der Waals surface area contributed by atoms with E-state index >= 15 is 0 Å². The Labute approximate surface area is 102 Å². The predicted octanol–water partition coefficient (Wildman–Crippen LogP) is -2.73. The van der Waals surface area contributed by atoms with Crippen LogP contribution in [0.15, 0.2) is 4.01 Å². The molecule has 0 saturated heterocycles. The third kappa shape index (κ3) is 17.7. The van der Waals surface area contributed by atoms with E-state index in [0.29, 0.717) is 0 Å². The van der Waals surface area contributed by atoms with Crippen LogP contribution in [-0.2, 0) is 15.2 Å². The molecule has 0 bridgehead atoms. The third-order valence-electron chi connectivity index (χ3n) is 0.166. The van der Waals surface area contributed by atoms with Crippen LogP contribution < -0.4 is 11.5 Å². The molecule has 0 saturated carbocycles. The van der Waals surface area contributed by atoms with Gasteiger partial charge in [-0.3, -0.25) is 0 Å². The van der Waals surface area contributed by atoms with E-state index in [4.69, 9.17) is 16.7 Å². The molecule has 6 N–H and O–H groups in total. The number of hydrogen-bond acceptors (Lipinski definition) is 2. The molecule has 7 heteroatoms. The zero-order chi connectivity index (χ0) is 5.70. The van der Waals surface area contributed by atoms with E-state index in [-0.39, 0.29) is 78.0 Å². The Morgan fingerprint density at radius 2 is 2.00 bits per heavy atom. The van der Waals surface area contributed by atoms with Gasteiger partial charge in [0.15, 0.2) is 0 Å². The van der Waals surface area contributed by atoms with Crippen molar-refractivity contribution in [3.63, 3.8) is 0 Å². The monoisotopic (exact) mass is 198 g/mol. The number of nitrogens with zero attached hydrogens (tertiary/aromatic N) is 2. The number of rotatable bonds is 1. The van der Waals surface area contributed by atoms with Crippen molar-refractivity contribution in [1.82, 2.24) is 0 Å². The summed E-state index contributed by atoms with van der Waals surface area (Å²) in [4.78, 5) is 1.75. The fourth-order valence-corrected chi connectivity index (χ4v) is 0.261. The van der Waals surface area contributed by atoms with Crippen molar-refractivity contribution in [2.45, 2.75) is 0 Å². The summed E-state index contributed by atoms with van der Waals surface area (Å²) in [5.74, 6) is -0.0402. The van der Waals surface area contributed by atoms with Gasteiger partial charge in [-0.1, -0.05) is 0 Å². The van der Waals surface area contributed by atoms with E-state index in [1.54, 1.807) is 4.97 Å². The van der Waals surface area contributed by atoms with Crippen LogP contribution in [-0.4, -0.2) is 62.8 Å². The molecule has 0 spiro atoms. The fraction of sp³-hybridized carbons (Fsp3) is 0. The second-order valence-electron chi connectivity index (χ2n) is 0.662. The van der Waals surface area contributed by atoms with Crippen LogP contribution >= 0.6 is 0 Å². The zero-order valence-electron chi connectivity index (χ0n) is 3.90. The number of hydrogen-bond donors (Lipinski definition) is 2. The van der Waals surface area contributed by atoms with Gasteiger partial charge in [0.1, 0.15) is 0 Å². The molecule has 0 aromatic heterocycles. The van der Waals surface area contributed by atoms with Crippen molar-refractivity contribution in [1.29, 1.82) is 5.26 Å². The van der Waals surface area contributed by atoms with Gasteiger partial charge in [-0.15, -0.1) is 0 Å². The van der Waals surface area contributed by atoms with Gasteiger partial charge in [0, 0.05) is 0 Å². The van der Waals surface area contributed by atoms with Gasteiger partial charge in [-0.25, -0.2) is 0 Å². The first-order valence-electron chi connectivity index (χ1n) is 1.36. The molecule has 5 nitrogen and oxygen atoms in total. The quantitative estimate of drug-likeness (QED) is 0.270. The van der Waals surface area contributed by atoms with E-state index < -0.39 is 0 Å². The average Bonchev–Trinajstić information content (AvgIpc) is 1.61. The van der Waals surface area contributed by atoms with Gasteiger partial charge in [-0.05, 0) is 0 Å². The van der Waals surface area contributed by atoms with Crippen molar-refractivity contribution in [2.24, 2.45) is 15.5 Å².